The van der Waals surface area contributed by atoms with Crippen molar-refractivity contribution in [3.63, 3.8) is 0 Å². The van der Waals surface area contributed by atoms with Crippen LogP contribution in [0.2, 0.25) is 5.02 Å². The maximum atomic E-state index is 12.5. The first-order chi connectivity index (χ1) is 12.5. The van der Waals surface area contributed by atoms with Crippen LogP contribution in [-0.4, -0.2) is 44.3 Å². The van der Waals surface area contributed by atoms with Crippen LogP contribution >= 0.6 is 11.6 Å². The molecule has 3 heterocycles. The van der Waals surface area contributed by atoms with Crippen LogP contribution in [0.25, 0.3) is 5.65 Å². The second-order valence-corrected chi connectivity index (χ2v) is 7.05. The van der Waals surface area contributed by atoms with E-state index in [4.69, 9.17) is 16.3 Å². The van der Waals surface area contributed by atoms with E-state index in [1.54, 1.807) is 28.9 Å². The first-order valence-electron chi connectivity index (χ1n) is 8.40. The summed E-state index contributed by atoms with van der Waals surface area (Å²) in [6.45, 7) is -0.446. The molecule has 2 fully saturated rings. The van der Waals surface area contributed by atoms with Crippen molar-refractivity contribution >= 4 is 35.2 Å². The number of pyridine rings is 1. The minimum Gasteiger partial charge on any atom is -0.458 e. The second-order valence-electron chi connectivity index (χ2n) is 6.62. The first kappa shape index (κ1) is 16.8. The van der Waals surface area contributed by atoms with Gasteiger partial charge in [-0.05, 0) is 25.0 Å². The van der Waals surface area contributed by atoms with E-state index in [1.165, 1.54) is 0 Å². The zero-order valence-corrected chi connectivity index (χ0v) is 14.7. The maximum Gasteiger partial charge on any atom is 0.326 e. The van der Waals surface area contributed by atoms with Gasteiger partial charge in [0, 0.05) is 12.4 Å². The van der Waals surface area contributed by atoms with Gasteiger partial charge in [0.05, 0.1) is 10.7 Å². The Balaban J connectivity index is 1.37. The van der Waals surface area contributed by atoms with Crippen LogP contribution in [-0.2, 0) is 20.9 Å². The van der Waals surface area contributed by atoms with E-state index in [0.29, 0.717) is 29.2 Å². The van der Waals surface area contributed by atoms with Crippen LogP contribution in [0.1, 0.15) is 31.4 Å². The summed E-state index contributed by atoms with van der Waals surface area (Å²) in [6, 6.07) is 2.94. The number of esters is 1. The summed E-state index contributed by atoms with van der Waals surface area (Å²) >= 11 is 5.92. The quantitative estimate of drug-likeness (QED) is 0.649. The van der Waals surface area contributed by atoms with Crippen molar-refractivity contribution in [1.29, 1.82) is 0 Å². The third-order valence-corrected chi connectivity index (χ3v) is 5.06. The number of amides is 3. The van der Waals surface area contributed by atoms with Gasteiger partial charge in [-0.15, -0.1) is 0 Å². The standard InChI is InChI=1S/C17H17ClN4O4/c18-11-3-4-13-19-12(8-21(13)7-11)10-26-14(23)9-22-15(24)17(20-16(22)25)5-1-2-6-17/h3-4,7-8H,1-2,5-6,9-10H2,(H,20,25). The number of rotatable bonds is 4. The van der Waals surface area contributed by atoms with Crippen LogP contribution in [0.3, 0.4) is 0 Å². The molecule has 1 saturated carbocycles. The van der Waals surface area contributed by atoms with E-state index in [0.717, 1.165) is 17.7 Å². The third kappa shape index (κ3) is 2.90. The molecule has 1 N–H and O–H groups in total. The van der Waals surface area contributed by atoms with Crippen LogP contribution in [0.15, 0.2) is 24.5 Å². The van der Waals surface area contributed by atoms with Gasteiger partial charge in [-0.3, -0.25) is 14.5 Å². The van der Waals surface area contributed by atoms with Crippen molar-refractivity contribution in [2.75, 3.05) is 6.54 Å². The van der Waals surface area contributed by atoms with Gasteiger partial charge in [-0.25, -0.2) is 9.78 Å². The normalized spacial score (nSPS) is 18.7. The van der Waals surface area contributed by atoms with Gasteiger partial charge in [0.25, 0.3) is 5.91 Å². The molecule has 1 spiro atoms. The fraction of sp³-hybridized carbons (Fsp3) is 0.412. The van der Waals surface area contributed by atoms with Crippen molar-refractivity contribution in [2.24, 2.45) is 0 Å². The lowest BCUT2D eigenvalue weighted by Gasteiger charge is -2.19. The summed E-state index contributed by atoms with van der Waals surface area (Å²) in [5.74, 6) is -0.988. The highest BCUT2D eigenvalue weighted by Crippen LogP contribution is 2.34. The van der Waals surface area contributed by atoms with E-state index >= 15 is 0 Å². The fourth-order valence-corrected chi connectivity index (χ4v) is 3.72. The van der Waals surface area contributed by atoms with Gasteiger partial charge in [0.2, 0.25) is 0 Å². The molecule has 8 nitrogen and oxygen atoms in total. The Kier molecular flexibility index (Phi) is 4.07. The zero-order chi connectivity index (χ0) is 18.3. The predicted molar refractivity (Wildman–Crippen MR) is 91.4 cm³/mol. The van der Waals surface area contributed by atoms with Crippen molar-refractivity contribution in [3.8, 4) is 0 Å². The summed E-state index contributed by atoms with van der Waals surface area (Å²) < 4.78 is 6.90. The Bertz CT molecular complexity index is 903. The van der Waals surface area contributed by atoms with E-state index < -0.39 is 24.1 Å². The highest BCUT2D eigenvalue weighted by molar-refractivity contribution is 6.30. The summed E-state index contributed by atoms with van der Waals surface area (Å²) in [4.78, 5) is 41.9. The molecule has 2 aromatic heterocycles. The fourth-order valence-electron chi connectivity index (χ4n) is 3.55. The molecule has 2 aromatic rings. The molecular formula is C17H17ClN4O4. The average Bonchev–Trinajstić information content (AvgIpc) is 3.28. The topological polar surface area (TPSA) is 93.0 Å². The Morgan fingerprint density at radius 1 is 1.27 bits per heavy atom. The first-order valence-corrected chi connectivity index (χ1v) is 8.78. The van der Waals surface area contributed by atoms with E-state index in [-0.39, 0.29) is 12.5 Å². The molecule has 0 radical (unpaired) electrons. The molecule has 3 amide bonds. The molecule has 26 heavy (non-hydrogen) atoms. The SMILES string of the molecule is O=C(CN1C(=O)NC2(CCCC2)C1=O)OCc1cn2cc(Cl)ccc2n1. The Morgan fingerprint density at radius 3 is 2.81 bits per heavy atom. The summed E-state index contributed by atoms with van der Waals surface area (Å²) in [7, 11) is 0. The Morgan fingerprint density at radius 2 is 2.04 bits per heavy atom. The largest absolute Gasteiger partial charge is 0.458 e. The predicted octanol–water partition coefficient (Wildman–Crippen LogP) is 1.90. The van der Waals surface area contributed by atoms with E-state index in [9.17, 15) is 14.4 Å². The number of hydrogen-bond donors (Lipinski definition) is 1. The summed E-state index contributed by atoms with van der Waals surface area (Å²) in [5.41, 5.74) is 0.404. The van der Waals surface area contributed by atoms with Gasteiger partial charge in [-0.2, -0.15) is 0 Å². The van der Waals surface area contributed by atoms with Crippen LogP contribution in [0.5, 0.6) is 0 Å². The molecule has 0 bridgehead atoms. The lowest BCUT2D eigenvalue weighted by molar-refractivity contribution is -0.148. The number of halogens is 1. The van der Waals surface area contributed by atoms with Crippen molar-refractivity contribution in [2.45, 2.75) is 37.8 Å². The van der Waals surface area contributed by atoms with E-state index in [2.05, 4.69) is 10.3 Å². The molecule has 136 valence electrons. The molecular weight excluding hydrogens is 360 g/mol. The number of imidazole rings is 1. The number of urea groups is 1. The molecule has 1 aliphatic carbocycles. The molecule has 4 rings (SSSR count). The average molecular weight is 377 g/mol. The Labute approximate surface area is 154 Å². The minimum absolute atomic E-state index is 0.0487. The molecule has 2 aliphatic rings. The number of ether oxygens (including phenoxy) is 1. The zero-order valence-electron chi connectivity index (χ0n) is 13.9. The highest BCUT2D eigenvalue weighted by Gasteiger charge is 2.52. The minimum atomic E-state index is -0.821. The number of imide groups is 1. The molecule has 1 saturated heterocycles. The molecule has 1 aliphatic heterocycles. The number of fused-ring (bicyclic) bond motifs is 1. The van der Waals surface area contributed by atoms with Crippen molar-refractivity contribution in [1.82, 2.24) is 19.6 Å². The molecule has 0 atom stereocenters. The molecule has 9 heteroatoms. The van der Waals surface area contributed by atoms with Crippen molar-refractivity contribution < 1.29 is 19.1 Å². The lowest BCUT2D eigenvalue weighted by atomic mass is 9.98. The van der Waals surface area contributed by atoms with Crippen LogP contribution in [0, 0.1) is 0 Å². The second kappa shape index (κ2) is 6.28. The van der Waals surface area contributed by atoms with E-state index in [1.807, 2.05) is 0 Å². The Hall–Kier alpha value is -2.61. The lowest BCUT2D eigenvalue weighted by Crippen LogP contribution is -2.44. The number of carbonyl (C=O) groups is 3. The van der Waals surface area contributed by atoms with Crippen LogP contribution < -0.4 is 5.32 Å². The molecule has 0 unspecified atom stereocenters. The van der Waals surface area contributed by atoms with Gasteiger partial charge in [0.15, 0.2) is 0 Å². The summed E-state index contributed by atoms with van der Waals surface area (Å²) in [6.07, 6.45) is 6.42. The molecule has 0 aromatic carbocycles. The number of hydrogen-bond acceptors (Lipinski definition) is 5. The van der Waals surface area contributed by atoms with Gasteiger partial charge in [0.1, 0.15) is 24.3 Å². The van der Waals surface area contributed by atoms with Gasteiger partial charge >= 0.3 is 12.0 Å². The van der Waals surface area contributed by atoms with Gasteiger partial charge in [-0.1, -0.05) is 24.4 Å². The van der Waals surface area contributed by atoms with Crippen molar-refractivity contribution in [3.05, 3.63) is 35.2 Å². The highest BCUT2D eigenvalue weighted by atomic mass is 35.5. The number of carbonyl (C=O) groups excluding carboxylic acids is 3. The van der Waals surface area contributed by atoms with Gasteiger partial charge < -0.3 is 14.5 Å². The number of nitrogens with zero attached hydrogens (tertiary/aromatic N) is 3. The smallest absolute Gasteiger partial charge is 0.326 e. The third-order valence-electron chi connectivity index (χ3n) is 4.84. The number of aromatic nitrogens is 2. The monoisotopic (exact) mass is 376 g/mol. The number of nitrogens with one attached hydrogen (secondary N) is 1. The van der Waals surface area contributed by atoms with Crippen LogP contribution in [0.4, 0.5) is 4.79 Å². The maximum absolute atomic E-state index is 12.5. The summed E-state index contributed by atoms with van der Waals surface area (Å²) in [5, 5.41) is 3.30.